The summed E-state index contributed by atoms with van der Waals surface area (Å²) in [6.45, 7) is 4.20. The predicted octanol–water partition coefficient (Wildman–Crippen LogP) is 5.17. The average Bonchev–Trinajstić information content (AvgIpc) is 3.21. The van der Waals surface area contributed by atoms with Crippen LogP contribution in [0.5, 0.6) is 16.7 Å². The molecule has 0 N–H and O–H groups in total. The third kappa shape index (κ3) is 5.28. The van der Waals surface area contributed by atoms with Crippen LogP contribution in [-0.2, 0) is 0 Å². The normalized spacial score (nSPS) is 14.6. The quantitative estimate of drug-likeness (QED) is 0.453. The molecular weight excluding hydrogens is 412 g/mol. The first-order valence-electron chi connectivity index (χ1n) is 10.8. The summed E-state index contributed by atoms with van der Waals surface area (Å²) in [5.74, 6) is 1.69. The number of methoxy groups -OCH3 is 1. The molecule has 1 saturated heterocycles. The standard InChI is InChI=1S/C24H28N2O4S/c1-3-4-15-29-18-7-5-17(6-8-18)23(27)26-13-11-19(12-14-26)30-24-25-21-10-9-20(28-2)16-22(21)31-24/h5-10,16,19H,3-4,11-15H2,1-2H3. The van der Waals surface area contributed by atoms with Crippen molar-refractivity contribution in [3.8, 4) is 16.7 Å². The summed E-state index contributed by atoms with van der Waals surface area (Å²) in [5.41, 5.74) is 1.61. The maximum Gasteiger partial charge on any atom is 0.274 e. The first kappa shape index (κ1) is 21.4. The molecule has 1 fully saturated rings. The van der Waals surface area contributed by atoms with Gasteiger partial charge in [0.15, 0.2) is 0 Å². The van der Waals surface area contributed by atoms with E-state index in [1.54, 1.807) is 7.11 Å². The number of piperidine rings is 1. The summed E-state index contributed by atoms with van der Waals surface area (Å²) in [5, 5.41) is 0.673. The van der Waals surface area contributed by atoms with Crippen LogP contribution in [0.25, 0.3) is 10.2 Å². The number of aromatic nitrogens is 1. The summed E-state index contributed by atoms with van der Waals surface area (Å²) in [6.07, 6.45) is 3.79. The van der Waals surface area contributed by atoms with Crippen LogP contribution in [-0.4, -0.2) is 48.7 Å². The Morgan fingerprint density at radius 3 is 2.58 bits per heavy atom. The van der Waals surface area contributed by atoms with Gasteiger partial charge in [-0.15, -0.1) is 0 Å². The molecule has 0 unspecified atom stereocenters. The molecule has 0 saturated carbocycles. The van der Waals surface area contributed by atoms with Gasteiger partial charge in [0.2, 0.25) is 0 Å². The van der Waals surface area contributed by atoms with Crippen molar-refractivity contribution < 1.29 is 19.0 Å². The molecule has 3 aromatic rings. The van der Waals surface area contributed by atoms with Crippen LogP contribution >= 0.6 is 11.3 Å². The van der Waals surface area contributed by atoms with Gasteiger partial charge in [-0.3, -0.25) is 4.79 Å². The van der Waals surface area contributed by atoms with Gasteiger partial charge < -0.3 is 19.1 Å². The number of thiazole rings is 1. The molecule has 0 spiro atoms. The number of carbonyl (C=O) groups is 1. The Balaban J connectivity index is 1.29. The number of fused-ring (bicyclic) bond motifs is 1. The molecule has 0 bridgehead atoms. The predicted molar refractivity (Wildman–Crippen MR) is 123 cm³/mol. The zero-order chi connectivity index (χ0) is 21.6. The molecule has 0 atom stereocenters. The fraction of sp³-hybridized carbons (Fsp3) is 0.417. The third-order valence-electron chi connectivity index (χ3n) is 5.44. The molecule has 7 heteroatoms. The molecule has 6 nitrogen and oxygen atoms in total. The molecule has 4 rings (SSSR count). The van der Waals surface area contributed by atoms with E-state index in [-0.39, 0.29) is 12.0 Å². The zero-order valence-electron chi connectivity index (χ0n) is 18.0. The fourth-order valence-corrected chi connectivity index (χ4v) is 4.50. The minimum Gasteiger partial charge on any atom is -0.497 e. The molecule has 0 radical (unpaired) electrons. The van der Waals surface area contributed by atoms with Crippen LogP contribution < -0.4 is 14.2 Å². The van der Waals surface area contributed by atoms with Crippen molar-refractivity contribution >= 4 is 27.5 Å². The van der Waals surface area contributed by atoms with Gasteiger partial charge >= 0.3 is 0 Å². The minimum atomic E-state index is 0.0608. The second-order valence-corrected chi connectivity index (χ2v) is 8.64. The number of hydrogen-bond acceptors (Lipinski definition) is 6. The van der Waals surface area contributed by atoms with Crippen LogP contribution in [0.2, 0.25) is 0 Å². The van der Waals surface area contributed by atoms with Crippen LogP contribution in [0.1, 0.15) is 43.0 Å². The van der Waals surface area contributed by atoms with E-state index in [0.29, 0.717) is 30.5 Å². The number of amides is 1. The highest BCUT2D eigenvalue weighted by atomic mass is 32.1. The highest BCUT2D eigenvalue weighted by molar-refractivity contribution is 7.20. The number of hydrogen-bond donors (Lipinski definition) is 0. The van der Waals surface area contributed by atoms with E-state index >= 15 is 0 Å². The zero-order valence-corrected chi connectivity index (χ0v) is 18.8. The molecule has 2 heterocycles. The van der Waals surface area contributed by atoms with Crippen molar-refractivity contribution in [3.63, 3.8) is 0 Å². The van der Waals surface area contributed by atoms with E-state index in [4.69, 9.17) is 14.2 Å². The lowest BCUT2D eigenvalue weighted by Crippen LogP contribution is -2.41. The van der Waals surface area contributed by atoms with Crippen molar-refractivity contribution in [2.45, 2.75) is 38.7 Å². The Bertz CT molecular complexity index is 1010. The number of benzene rings is 2. The summed E-state index contributed by atoms with van der Waals surface area (Å²) >= 11 is 1.53. The molecule has 1 aliphatic heterocycles. The van der Waals surface area contributed by atoms with Crippen molar-refractivity contribution in [1.82, 2.24) is 9.88 Å². The lowest BCUT2D eigenvalue weighted by molar-refractivity contribution is 0.0595. The highest BCUT2D eigenvalue weighted by Crippen LogP contribution is 2.32. The van der Waals surface area contributed by atoms with Crippen molar-refractivity contribution in [2.75, 3.05) is 26.8 Å². The molecule has 0 aliphatic carbocycles. The van der Waals surface area contributed by atoms with Gasteiger partial charge in [0, 0.05) is 31.5 Å². The summed E-state index contributed by atoms with van der Waals surface area (Å²) < 4.78 is 18.1. The maximum absolute atomic E-state index is 12.8. The van der Waals surface area contributed by atoms with E-state index in [1.165, 1.54) is 11.3 Å². The van der Waals surface area contributed by atoms with Crippen LogP contribution in [0, 0.1) is 0 Å². The SMILES string of the molecule is CCCCOc1ccc(C(=O)N2CCC(Oc3nc4ccc(OC)cc4s3)CC2)cc1. The van der Waals surface area contributed by atoms with Gasteiger partial charge in [-0.25, -0.2) is 4.98 Å². The Hall–Kier alpha value is -2.80. The monoisotopic (exact) mass is 440 g/mol. The number of unbranched alkanes of at least 4 members (excludes halogenated alkanes) is 1. The van der Waals surface area contributed by atoms with Crippen LogP contribution in [0.15, 0.2) is 42.5 Å². The molecule has 31 heavy (non-hydrogen) atoms. The van der Waals surface area contributed by atoms with Crippen LogP contribution in [0.4, 0.5) is 0 Å². The second kappa shape index (κ2) is 10.0. The number of likely N-dealkylation sites (tertiary alicyclic amines) is 1. The molecule has 1 aromatic heterocycles. The van der Waals surface area contributed by atoms with Crippen molar-refractivity contribution in [1.29, 1.82) is 0 Å². The van der Waals surface area contributed by atoms with E-state index in [9.17, 15) is 4.79 Å². The Morgan fingerprint density at radius 2 is 1.87 bits per heavy atom. The van der Waals surface area contributed by atoms with Crippen molar-refractivity contribution in [3.05, 3.63) is 48.0 Å². The molecule has 1 amide bonds. The average molecular weight is 441 g/mol. The summed E-state index contributed by atoms with van der Waals surface area (Å²) in [6, 6.07) is 13.3. The van der Waals surface area contributed by atoms with Crippen molar-refractivity contribution in [2.24, 2.45) is 0 Å². The van der Waals surface area contributed by atoms with E-state index in [2.05, 4.69) is 11.9 Å². The van der Waals surface area contributed by atoms with E-state index in [1.807, 2.05) is 47.4 Å². The fourth-order valence-electron chi connectivity index (χ4n) is 3.59. The van der Waals surface area contributed by atoms with Gasteiger partial charge in [-0.2, -0.15) is 0 Å². The second-order valence-electron chi connectivity index (χ2n) is 7.65. The first-order valence-corrected chi connectivity index (χ1v) is 11.6. The highest BCUT2D eigenvalue weighted by Gasteiger charge is 2.25. The van der Waals surface area contributed by atoms with Gasteiger partial charge in [0.05, 0.1) is 23.9 Å². The van der Waals surface area contributed by atoms with Crippen LogP contribution in [0.3, 0.4) is 0 Å². The largest absolute Gasteiger partial charge is 0.497 e. The van der Waals surface area contributed by atoms with Gasteiger partial charge in [0.25, 0.3) is 11.1 Å². The van der Waals surface area contributed by atoms with Gasteiger partial charge in [-0.1, -0.05) is 24.7 Å². The Kier molecular flexibility index (Phi) is 6.92. The topological polar surface area (TPSA) is 60.9 Å². The summed E-state index contributed by atoms with van der Waals surface area (Å²) in [4.78, 5) is 19.3. The Morgan fingerprint density at radius 1 is 1.13 bits per heavy atom. The van der Waals surface area contributed by atoms with Gasteiger partial charge in [0.1, 0.15) is 17.6 Å². The molecule has 164 valence electrons. The number of rotatable bonds is 8. The van der Waals surface area contributed by atoms with E-state index in [0.717, 1.165) is 47.4 Å². The van der Waals surface area contributed by atoms with E-state index < -0.39 is 0 Å². The molecule has 1 aliphatic rings. The summed E-state index contributed by atoms with van der Waals surface area (Å²) in [7, 11) is 1.66. The lowest BCUT2D eigenvalue weighted by Gasteiger charge is -2.31. The maximum atomic E-state index is 12.8. The molecular formula is C24H28N2O4S. The number of carbonyl (C=O) groups excluding carboxylic acids is 1. The Labute approximate surface area is 186 Å². The number of nitrogens with zero attached hydrogens (tertiary/aromatic N) is 2. The molecule has 2 aromatic carbocycles. The smallest absolute Gasteiger partial charge is 0.274 e. The minimum absolute atomic E-state index is 0.0608. The first-order chi connectivity index (χ1) is 15.2. The third-order valence-corrected chi connectivity index (χ3v) is 6.35. The number of ether oxygens (including phenoxy) is 3. The van der Waals surface area contributed by atoms with Gasteiger partial charge in [-0.05, 0) is 48.9 Å². The lowest BCUT2D eigenvalue weighted by atomic mass is 10.1.